The van der Waals surface area contributed by atoms with E-state index in [-0.39, 0.29) is 31.3 Å². The second kappa shape index (κ2) is 9.00. The van der Waals surface area contributed by atoms with Crippen LogP contribution in [-0.2, 0) is 0 Å². The third-order valence-electron chi connectivity index (χ3n) is 4.44. The summed E-state index contributed by atoms with van der Waals surface area (Å²) in [6.07, 6.45) is -3.79. The monoisotopic (exact) mass is 473 g/mol. The number of carbonyl (C=O) groups is 2. The second-order valence-corrected chi connectivity index (χ2v) is 7.46. The molecule has 0 radical (unpaired) electrons. The van der Waals surface area contributed by atoms with E-state index in [0.29, 0.717) is 28.9 Å². The maximum atomic E-state index is 12.8. The lowest BCUT2D eigenvalue weighted by molar-refractivity contribution is -0.145. The summed E-state index contributed by atoms with van der Waals surface area (Å²) in [5.41, 5.74) is 0.773. The molecule has 2 aromatic rings. The van der Waals surface area contributed by atoms with Crippen LogP contribution in [0.1, 0.15) is 27.3 Å². The van der Waals surface area contributed by atoms with Crippen LogP contribution in [0, 0.1) is 0 Å². The van der Waals surface area contributed by atoms with E-state index < -0.39 is 18.6 Å². The molecule has 0 unspecified atom stereocenters. The number of alkyl halides is 3. The Hall–Kier alpha value is -2.33. The Balaban J connectivity index is 1.64. The van der Waals surface area contributed by atoms with Crippen molar-refractivity contribution in [3.05, 3.63) is 52.4 Å². The SMILES string of the molecule is O=C(Nc1cccc(C(=O)N2CCCN(CC(F)(F)F)CC2)c1)c1ccc(Br)o1. The van der Waals surface area contributed by atoms with Crippen molar-refractivity contribution in [1.82, 2.24) is 9.80 Å². The highest BCUT2D eigenvalue weighted by atomic mass is 79.9. The predicted molar refractivity (Wildman–Crippen MR) is 104 cm³/mol. The Bertz CT molecular complexity index is 885. The molecule has 1 N–H and O–H groups in total. The zero-order valence-corrected chi connectivity index (χ0v) is 16.9. The lowest BCUT2D eigenvalue weighted by Crippen LogP contribution is -2.38. The van der Waals surface area contributed by atoms with Gasteiger partial charge in [-0.1, -0.05) is 6.07 Å². The first-order chi connectivity index (χ1) is 13.7. The molecule has 156 valence electrons. The molecule has 10 heteroatoms. The summed E-state index contributed by atoms with van der Waals surface area (Å²) in [4.78, 5) is 27.8. The molecule has 1 fully saturated rings. The van der Waals surface area contributed by atoms with Crippen molar-refractivity contribution in [2.45, 2.75) is 12.6 Å². The highest BCUT2D eigenvalue weighted by Gasteiger charge is 2.32. The van der Waals surface area contributed by atoms with Gasteiger partial charge < -0.3 is 14.6 Å². The minimum absolute atomic E-state index is 0.117. The quantitative estimate of drug-likeness (QED) is 0.728. The van der Waals surface area contributed by atoms with Crippen molar-refractivity contribution >= 4 is 33.4 Å². The lowest BCUT2D eigenvalue weighted by atomic mass is 10.1. The summed E-state index contributed by atoms with van der Waals surface area (Å²) >= 11 is 3.12. The van der Waals surface area contributed by atoms with Crippen molar-refractivity contribution in [1.29, 1.82) is 0 Å². The minimum atomic E-state index is -4.25. The average molecular weight is 474 g/mol. The topological polar surface area (TPSA) is 65.8 Å². The molecule has 3 rings (SSSR count). The molecular formula is C19H19BrF3N3O3. The van der Waals surface area contributed by atoms with E-state index in [4.69, 9.17) is 4.42 Å². The number of furan rings is 1. The smallest absolute Gasteiger partial charge is 0.401 e. The number of hydrogen-bond donors (Lipinski definition) is 1. The summed E-state index contributed by atoms with van der Waals surface area (Å²) in [5.74, 6) is -0.626. The standard InChI is InChI=1S/C19H19BrF3N3O3/c20-16-6-5-15(29-16)17(27)24-14-4-1-3-13(11-14)18(28)26-8-2-7-25(9-10-26)12-19(21,22)23/h1,3-6,11H,2,7-10,12H2,(H,24,27). The van der Waals surface area contributed by atoms with Gasteiger partial charge in [0, 0.05) is 37.4 Å². The number of carbonyl (C=O) groups excluding carboxylic acids is 2. The molecule has 1 saturated heterocycles. The fourth-order valence-electron chi connectivity index (χ4n) is 3.13. The Kier molecular flexibility index (Phi) is 6.63. The Morgan fingerprint density at radius 2 is 1.90 bits per heavy atom. The van der Waals surface area contributed by atoms with Gasteiger partial charge in [-0.2, -0.15) is 13.2 Å². The van der Waals surface area contributed by atoms with Crippen LogP contribution in [0.2, 0.25) is 0 Å². The van der Waals surface area contributed by atoms with Gasteiger partial charge in [-0.15, -0.1) is 0 Å². The average Bonchev–Trinajstić information content (AvgIpc) is 2.96. The van der Waals surface area contributed by atoms with Gasteiger partial charge in [-0.3, -0.25) is 14.5 Å². The number of amides is 2. The Labute approximate surface area is 173 Å². The fraction of sp³-hybridized carbons (Fsp3) is 0.368. The van der Waals surface area contributed by atoms with Crippen LogP contribution < -0.4 is 5.32 Å². The predicted octanol–water partition coefficient (Wildman–Crippen LogP) is 4.00. The summed E-state index contributed by atoms with van der Waals surface area (Å²) < 4.78 is 43.4. The maximum Gasteiger partial charge on any atom is 0.401 e. The molecule has 2 heterocycles. The first-order valence-electron chi connectivity index (χ1n) is 8.96. The number of nitrogens with one attached hydrogen (secondary N) is 1. The van der Waals surface area contributed by atoms with E-state index >= 15 is 0 Å². The Morgan fingerprint density at radius 3 is 2.59 bits per heavy atom. The van der Waals surface area contributed by atoms with Gasteiger partial charge in [0.25, 0.3) is 11.8 Å². The van der Waals surface area contributed by atoms with E-state index in [9.17, 15) is 22.8 Å². The van der Waals surface area contributed by atoms with Crippen molar-refractivity contribution in [2.75, 3.05) is 38.0 Å². The van der Waals surface area contributed by atoms with E-state index in [1.165, 1.54) is 17.0 Å². The van der Waals surface area contributed by atoms with Crippen molar-refractivity contribution in [2.24, 2.45) is 0 Å². The molecule has 1 aromatic heterocycles. The fourth-order valence-corrected chi connectivity index (χ4v) is 3.43. The number of nitrogens with zero attached hydrogens (tertiary/aromatic N) is 2. The van der Waals surface area contributed by atoms with Crippen molar-refractivity contribution in [3.63, 3.8) is 0 Å². The van der Waals surface area contributed by atoms with E-state index in [1.54, 1.807) is 29.2 Å². The van der Waals surface area contributed by atoms with Crippen LogP contribution in [0.15, 0.2) is 45.5 Å². The number of hydrogen-bond acceptors (Lipinski definition) is 4. The largest absolute Gasteiger partial charge is 0.444 e. The van der Waals surface area contributed by atoms with Gasteiger partial charge in [0.15, 0.2) is 10.4 Å². The Morgan fingerprint density at radius 1 is 1.10 bits per heavy atom. The van der Waals surface area contributed by atoms with Gasteiger partial charge in [0.2, 0.25) is 0 Å². The lowest BCUT2D eigenvalue weighted by Gasteiger charge is -2.23. The summed E-state index contributed by atoms with van der Waals surface area (Å²) in [6.45, 7) is 0.0721. The van der Waals surface area contributed by atoms with Gasteiger partial charge in [-0.05, 0) is 52.7 Å². The van der Waals surface area contributed by atoms with Crippen LogP contribution in [0.4, 0.5) is 18.9 Å². The van der Waals surface area contributed by atoms with Crippen molar-refractivity contribution in [3.8, 4) is 0 Å². The van der Waals surface area contributed by atoms with Crippen LogP contribution >= 0.6 is 15.9 Å². The van der Waals surface area contributed by atoms with Gasteiger partial charge in [0.1, 0.15) is 0 Å². The molecule has 1 aromatic carbocycles. The number of halogens is 4. The molecule has 0 aliphatic carbocycles. The molecular weight excluding hydrogens is 455 g/mol. The molecule has 1 aliphatic rings. The zero-order chi connectivity index (χ0) is 21.0. The van der Waals surface area contributed by atoms with Gasteiger partial charge in [-0.25, -0.2) is 0 Å². The molecule has 0 atom stereocenters. The van der Waals surface area contributed by atoms with Crippen LogP contribution in [0.5, 0.6) is 0 Å². The number of anilines is 1. The van der Waals surface area contributed by atoms with Crippen molar-refractivity contribution < 1.29 is 27.2 Å². The highest BCUT2D eigenvalue weighted by Crippen LogP contribution is 2.20. The molecule has 6 nitrogen and oxygen atoms in total. The summed E-state index contributed by atoms with van der Waals surface area (Å²) in [6, 6.07) is 9.53. The van der Waals surface area contributed by atoms with E-state index in [0.717, 1.165) is 0 Å². The first kappa shape index (κ1) is 21.4. The molecule has 0 saturated carbocycles. The summed E-state index contributed by atoms with van der Waals surface area (Å²) in [7, 11) is 0. The number of rotatable bonds is 4. The number of benzene rings is 1. The van der Waals surface area contributed by atoms with E-state index in [1.807, 2.05) is 0 Å². The zero-order valence-electron chi connectivity index (χ0n) is 15.3. The normalized spacial score (nSPS) is 15.8. The summed E-state index contributed by atoms with van der Waals surface area (Å²) in [5, 5.41) is 2.66. The molecule has 0 spiro atoms. The van der Waals surface area contributed by atoms with E-state index in [2.05, 4.69) is 21.2 Å². The molecule has 0 bridgehead atoms. The third kappa shape index (κ3) is 6.07. The van der Waals surface area contributed by atoms with Gasteiger partial charge >= 0.3 is 6.18 Å². The maximum absolute atomic E-state index is 12.8. The van der Waals surface area contributed by atoms with Crippen LogP contribution in [0.25, 0.3) is 0 Å². The van der Waals surface area contributed by atoms with Gasteiger partial charge in [0.05, 0.1) is 6.54 Å². The second-order valence-electron chi connectivity index (χ2n) is 6.68. The molecule has 29 heavy (non-hydrogen) atoms. The molecule has 1 aliphatic heterocycles. The third-order valence-corrected chi connectivity index (χ3v) is 4.87. The highest BCUT2D eigenvalue weighted by molar-refractivity contribution is 9.10. The minimum Gasteiger partial charge on any atom is -0.444 e. The molecule has 2 amide bonds. The van der Waals surface area contributed by atoms with Crippen LogP contribution in [-0.4, -0.2) is 60.5 Å². The van der Waals surface area contributed by atoms with Crippen LogP contribution in [0.3, 0.4) is 0 Å². The first-order valence-corrected chi connectivity index (χ1v) is 9.76.